The molecule has 1 fully saturated rings. The molecule has 5 heteroatoms. The van der Waals surface area contributed by atoms with Crippen molar-refractivity contribution in [3.05, 3.63) is 23.3 Å². The Labute approximate surface area is 129 Å². The first-order valence-corrected chi connectivity index (χ1v) is 8.49. The number of rotatable bonds is 3. The SMILES string of the molecule is Cc1cc2nc(SCC(=O)N3CCCCC3)[nH]c2cc1C. The summed E-state index contributed by atoms with van der Waals surface area (Å²) in [6, 6.07) is 4.21. The molecular weight excluding hydrogens is 282 g/mol. The number of nitrogens with one attached hydrogen (secondary N) is 1. The number of carbonyl (C=O) groups excluding carboxylic acids is 1. The van der Waals surface area contributed by atoms with Crippen LogP contribution >= 0.6 is 11.8 Å². The van der Waals surface area contributed by atoms with E-state index in [2.05, 4.69) is 35.9 Å². The van der Waals surface area contributed by atoms with Crippen LogP contribution in [0.4, 0.5) is 0 Å². The Morgan fingerprint density at radius 1 is 1.24 bits per heavy atom. The summed E-state index contributed by atoms with van der Waals surface area (Å²) in [4.78, 5) is 22.0. The average molecular weight is 303 g/mol. The first-order chi connectivity index (χ1) is 10.1. The molecule has 4 nitrogen and oxygen atoms in total. The Bertz CT molecular complexity index is 620. The Balaban J connectivity index is 1.66. The fraction of sp³-hybridized carbons (Fsp3) is 0.500. The standard InChI is InChI=1S/C16H21N3OS/c1-11-8-13-14(9-12(11)2)18-16(17-13)21-10-15(20)19-6-4-3-5-7-19/h8-9H,3-7,10H2,1-2H3,(H,17,18). The van der Waals surface area contributed by atoms with Crippen molar-refractivity contribution in [3.8, 4) is 0 Å². The average Bonchev–Trinajstić information content (AvgIpc) is 2.88. The molecule has 2 heterocycles. The van der Waals surface area contributed by atoms with Gasteiger partial charge in [-0.25, -0.2) is 4.98 Å². The number of hydrogen-bond donors (Lipinski definition) is 1. The Hall–Kier alpha value is -1.49. The van der Waals surface area contributed by atoms with Gasteiger partial charge in [0.15, 0.2) is 5.16 Å². The van der Waals surface area contributed by atoms with Crippen LogP contribution in [0.1, 0.15) is 30.4 Å². The summed E-state index contributed by atoms with van der Waals surface area (Å²) in [7, 11) is 0. The van der Waals surface area contributed by atoms with Gasteiger partial charge in [0.25, 0.3) is 0 Å². The number of imidazole rings is 1. The molecule has 21 heavy (non-hydrogen) atoms. The summed E-state index contributed by atoms with van der Waals surface area (Å²) in [6.45, 7) is 6.02. The lowest BCUT2D eigenvalue weighted by atomic mass is 10.1. The maximum Gasteiger partial charge on any atom is 0.233 e. The number of fused-ring (bicyclic) bond motifs is 1. The van der Waals surface area contributed by atoms with E-state index in [0.717, 1.165) is 42.1 Å². The van der Waals surface area contributed by atoms with Crippen LogP contribution in [-0.2, 0) is 4.79 Å². The third-order valence-corrected chi connectivity index (χ3v) is 4.97. The van der Waals surface area contributed by atoms with Gasteiger partial charge in [-0.2, -0.15) is 0 Å². The lowest BCUT2D eigenvalue weighted by molar-refractivity contribution is -0.129. The van der Waals surface area contributed by atoms with Gasteiger partial charge in [0.2, 0.25) is 5.91 Å². The summed E-state index contributed by atoms with van der Waals surface area (Å²) in [5, 5.41) is 0.834. The lowest BCUT2D eigenvalue weighted by Gasteiger charge is -2.26. The quantitative estimate of drug-likeness (QED) is 0.885. The zero-order chi connectivity index (χ0) is 14.8. The summed E-state index contributed by atoms with van der Waals surface area (Å²) in [5.41, 5.74) is 4.53. The molecule has 0 unspecified atom stereocenters. The van der Waals surface area contributed by atoms with Gasteiger partial charge in [-0.05, 0) is 56.4 Å². The Morgan fingerprint density at radius 3 is 2.71 bits per heavy atom. The van der Waals surface area contributed by atoms with Crippen molar-refractivity contribution < 1.29 is 4.79 Å². The number of piperidine rings is 1. The molecule has 3 rings (SSSR count). The molecule has 0 spiro atoms. The molecule has 1 N–H and O–H groups in total. The monoisotopic (exact) mass is 303 g/mol. The van der Waals surface area contributed by atoms with Gasteiger partial charge in [-0.3, -0.25) is 4.79 Å². The van der Waals surface area contributed by atoms with Crippen molar-refractivity contribution in [2.75, 3.05) is 18.8 Å². The lowest BCUT2D eigenvalue weighted by Crippen LogP contribution is -2.36. The van der Waals surface area contributed by atoms with Crippen molar-refractivity contribution in [1.82, 2.24) is 14.9 Å². The molecular formula is C16H21N3OS. The van der Waals surface area contributed by atoms with E-state index in [4.69, 9.17) is 0 Å². The molecule has 2 aromatic rings. The molecule has 1 aromatic carbocycles. The van der Waals surface area contributed by atoms with Gasteiger partial charge < -0.3 is 9.88 Å². The van der Waals surface area contributed by atoms with Gasteiger partial charge in [-0.1, -0.05) is 11.8 Å². The van der Waals surface area contributed by atoms with Crippen LogP contribution in [0.15, 0.2) is 17.3 Å². The molecule has 1 aliphatic heterocycles. The number of aromatic nitrogens is 2. The fourth-order valence-corrected chi connectivity index (χ4v) is 3.47. The molecule has 0 saturated carbocycles. The third-order valence-electron chi connectivity index (χ3n) is 4.12. The van der Waals surface area contributed by atoms with Crippen LogP contribution in [0, 0.1) is 13.8 Å². The number of aromatic amines is 1. The topological polar surface area (TPSA) is 49.0 Å². The van der Waals surface area contributed by atoms with Gasteiger partial charge in [0.1, 0.15) is 0 Å². The second kappa shape index (κ2) is 6.10. The zero-order valence-corrected chi connectivity index (χ0v) is 13.4. The minimum absolute atomic E-state index is 0.229. The number of nitrogens with zero attached hydrogens (tertiary/aromatic N) is 2. The molecule has 0 bridgehead atoms. The maximum atomic E-state index is 12.2. The molecule has 1 amide bonds. The molecule has 1 aliphatic rings. The minimum atomic E-state index is 0.229. The normalized spacial score (nSPS) is 15.6. The van der Waals surface area contributed by atoms with E-state index >= 15 is 0 Å². The van der Waals surface area contributed by atoms with Crippen molar-refractivity contribution in [2.45, 2.75) is 38.3 Å². The van der Waals surface area contributed by atoms with Crippen LogP contribution < -0.4 is 0 Å². The molecule has 0 radical (unpaired) electrons. The second-order valence-electron chi connectivity index (χ2n) is 5.73. The Kier molecular flexibility index (Phi) is 4.19. The Morgan fingerprint density at radius 2 is 1.95 bits per heavy atom. The van der Waals surface area contributed by atoms with Crippen molar-refractivity contribution in [2.24, 2.45) is 0 Å². The maximum absolute atomic E-state index is 12.2. The number of hydrogen-bond acceptors (Lipinski definition) is 3. The van der Waals surface area contributed by atoms with Crippen LogP contribution in [0.25, 0.3) is 11.0 Å². The van der Waals surface area contributed by atoms with Gasteiger partial charge >= 0.3 is 0 Å². The van der Waals surface area contributed by atoms with E-state index in [-0.39, 0.29) is 5.91 Å². The smallest absolute Gasteiger partial charge is 0.233 e. The predicted molar refractivity (Wildman–Crippen MR) is 86.7 cm³/mol. The summed E-state index contributed by atoms with van der Waals surface area (Å²) in [6.07, 6.45) is 3.53. The van der Waals surface area contributed by atoms with Crippen LogP contribution in [0.3, 0.4) is 0 Å². The van der Waals surface area contributed by atoms with E-state index < -0.39 is 0 Å². The summed E-state index contributed by atoms with van der Waals surface area (Å²) >= 11 is 1.50. The summed E-state index contributed by atoms with van der Waals surface area (Å²) in [5.74, 6) is 0.699. The number of carbonyl (C=O) groups is 1. The molecule has 112 valence electrons. The number of benzene rings is 1. The third kappa shape index (κ3) is 3.23. The van der Waals surface area contributed by atoms with E-state index in [1.807, 2.05) is 4.90 Å². The molecule has 1 aromatic heterocycles. The highest BCUT2D eigenvalue weighted by atomic mass is 32.2. The minimum Gasteiger partial charge on any atom is -0.342 e. The fourth-order valence-electron chi connectivity index (χ4n) is 2.68. The molecule has 0 atom stereocenters. The van der Waals surface area contributed by atoms with Crippen LogP contribution in [-0.4, -0.2) is 39.6 Å². The number of aryl methyl sites for hydroxylation is 2. The number of likely N-dealkylation sites (tertiary alicyclic amines) is 1. The predicted octanol–water partition coefficient (Wildman–Crippen LogP) is 3.28. The van der Waals surface area contributed by atoms with Crippen molar-refractivity contribution >= 4 is 28.7 Å². The highest BCUT2D eigenvalue weighted by molar-refractivity contribution is 7.99. The largest absolute Gasteiger partial charge is 0.342 e. The van der Waals surface area contributed by atoms with E-state index in [0.29, 0.717) is 5.75 Å². The molecule has 1 saturated heterocycles. The van der Waals surface area contributed by atoms with Crippen LogP contribution in [0.2, 0.25) is 0 Å². The highest BCUT2D eigenvalue weighted by Crippen LogP contribution is 2.23. The number of thioether (sulfide) groups is 1. The summed E-state index contributed by atoms with van der Waals surface area (Å²) < 4.78 is 0. The van der Waals surface area contributed by atoms with E-state index in [1.54, 1.807) is 0 Å². The number of H-pyrrole nitrogens is 1. The highest BCUT2D eigenvalue weighted by Gasteiger charge is 2.17. The van der Waals surface area contributed by atoms with E-state index in [9.17, 15) is 4.79 Å². The first-order valence-electron chi connectivity index (χ1n) is 7.51. The van der Waals surface area contributed by atoms with E-state index in [1.165, 1.54) is 29.3 Å². The number of amides is 1. The van der Waals surface area contributed by atoms with Crippen molar-refractivity contribution in [3.63, 3.8) is 0 Å². The molecule has 0 aliphatic carbocycles. The van der Waals surface area contributed by atoms with Gasteiger partial charge in [0.05, 0.1) is 16.8 Å². The van der Waals surface area contributed by atoms with Gasteiger partial charge in [-0.15, -0.1) is 0 Å². The first kappa shape index (κ1) is 14.4. The van der Waals surface area contributed by atoms with Gasteiger partial charge in [0, 0.05) is 13.1 Å². The second-order valence-corrected chi connectivity index (χ2v) is 6.69. The zero-order valence-electron chi connectivity index (χ0n) is 12.6. The van der Waals surface area contributed by atoms with Crippen molar-refractivity contribution in [1.29, 1.82) is 0 Å². The van der Waals surface area contributed by atoms with Crippen LogP contribution in [0.5, 0.6) is 0 Å².